The van der Waals surface area contributed by atoms with E-state index in [0.29, 0.717) is 5.75 Å². The first-order valence-corrected chi connectivity index (χ1v) is 9.00. The molecule has 3 aromatic rings. The lowest BCUT2D eigenvalue weighted by atomic mass is 10.2. The number of nitrogens with one attached hydrogen (secondary N) is 1. The Labute approximate surface area is 151 Å². The second kappa shape index (κ2) is 7.98. The predicted molar refractivity (Wildman–Crippen MR) is 104 cm³/mol. The van der Waals surface area contributed by atoms with Gasteiger partial charge in [-0.15, -0.1) is 0 Å². The molecule has 0 saturated carbocycles. The first kappa shape index (κ1) is 17.2. The number of ether oxygens (including phenoxy) is 2. The van der Waals surface area contributed by atoms with E-state index < -0.39 is 0 Å². The van der Waals surface area contributed by atoms with Gasteiger partial charge in [-0.2, -0.15) is 5.10 Å². The summed E-state index contributed by atoms with van der Waals surface area (Å²) in [7, 11) is 1.64. The maximum absolute atomic E-state index is 5.85. The third-order valence-corrected chi connectivity index (χ3v) is 4.70. The quantitative estimate of drug-likeness (QED) is 0.482. The highest BCUT2D eigenvalue weighted by atomic mass is 32.1. The normalized spacial score (nSPS) is 12.4. The summed E-state index contributed by atoms with van der Waals surface area (Å²) in [6, 6.07) is 13.8. The van der Waals surface area contributed by atoms with Crippen LogP contribution in [0.2, 0.25) is 0 Å². The van der Waals surface area contributed by atoms with Crippen molar-refractivity contribution in [3.05, 3.63) is 48.0 Å². The van der Waals surface area contributed by atoms with E-state index in [0.717, 1.165) is 33.1 Å². The largest absolute Gasteiger partial charge is 0.493 e. The molecule has 5 nitrogen and oxygen atoms in total. The van der Waals surface area contributed by atoms with Crippen molar-refractivity contribution in [2.75, 3.05) is 12.5 Å². The number of benzene rings is 2. The Bertz CT molecular complexity index is 843. The second-order valence-corrected chi connectivity index (χ2v) is 6.63. The number of nitrogens with zero attached hydrogens (tertiary/aromatic N) is 2. The van der Waals surface area contributed by atoms with Crippen molar-refractivity contribution in [1.29, 1.82) is 0 Å². The molecule has 25 heavy (non-hydrogen) atoms. The van der Waals surface area contributed by atoms with Crippen LogP contribution in [-0.2, 0) is 0 Å². The second-order valence-electron chi connectivity index (χ2n) is 5.60. The molecule has 0 spiro atoms. The van der Waals surface area contributed by atoms with Crippen molar-refractivity contribution in [3.8, 4) is 11.5 Å². The summed E-state index contributed by atoms with van der Waals surface area (Å²) >= 11 is 1.57. The van der Waals surface area contributed by atoms with Crippen molar-refractivity contribution in [2.45, 2.75) is 26.4 Å². The number of aromatic nitrogens is 1. The van der Waals surface area contributed by atoms with E-state index in [9.17, 15) is 0 Å². The fourth-order valence-corrected chi connectivity index (χ4v) is 3.06. The Hall–Kier alpha value is -2.60. The summed E-state index contributed by atoms with van der Waals surface area (Å²) in [5.41, 5.74) is 4.87. The molecule has 2 aromatic carbocycles. The summed E-state index contributed by atoms with van der Waals surface area (Å²) in [5, 5.41) is 5.03. The average Bonchev–Trinajstić information content (AvgIpc) is 3.05. The Morgan fingerprint density at radius 2 is 2.08 bits per heavy atom. The predicted octanol–water partition coefficient (Wildman–Crippen LogP) is 4.93. The molecular formula is C19H21N3O2S. The lowest BCUT2D eigenvalue weighted by Crippen LogP contribution is -2.10. The van der Waals surface area contributed by atoms with Crippen molar-refractivity contribution in [3.63, 3.8) is 0 Å². The molecule has 0 radical (unpaired) electrons. The number of para-hydroxylation sites is 1. The van der Waals surface area contributed by atoms with E-state index >= 15 is 0 Å². The summed E-state index contributed by atoms with van der Waals surface area (Å²) in [5.74, 6) is 1.44. The standard InChI is InChI=1S/C19H21N3O2S/c1-4-13(2)24-16-10-9-14(11-17(16)23-3)12-20-22-19-21-15-7-5-6-8-18(15)25-19/h5-13H,4H2,1-3H3,(H,21,22)/b20-12+/t13-/m1/s1. The number of rotatable bonds is 7. The molecular weight excluding hydrogens is 334 g/mol. The van der Waals surface area contributed by atoms with Crippen LogP contribution in [0.1, 0.15) is 25.8 Å². The van der Waals surface area contributed by atoms with E-state index in [2.05, 4.69) is 22.4 Å². The lowest BCUT2D eigenvalue weighted by Gasteiger charge is -2.15. The fourth-order valence-electron chi connectivity index (χ4n) is 2.24. The average molecular weight is 355 g/mol. The molecule has 3 rings (SSSR count). The molecule has 1 heterocycles. The molecule has 0 saturated heterocycles. The Balaban J connectivity index is 1.70. The molecule has 1 N–H and O–H groups in total. The molecule has 0 aliphatic rings. The van der Waals surface area contributed by atoms with Crippen LogP contribution in [0.15, 0.2) is 47.6 Å². The van der Waals surface area contributed by atoms with Gasteiger partial charge in [0.25, 0.3) is 0 Å². The monoisotopic (exact) mass is 355 g/mol. The number of hydrogen-bond acceptors (Lipinski definition) is 6. The van der Waals surface area contributed by atoms with E-state index in [1.807, 2.05) is 49.4 Å². The molecule has 6 heteroatoms. The van der Waals surface area contributed by atoms with Crippen LogP contribution < -0.4 is 14.9 Å². The minimum atomic E-state index is 0.147. The molecule has 130 valence electrons. The van der Waals surface area contributed by atoms with Crippen molar-refractivity contribution in [1.82, 2.24) is 4.98 Å². The molecule has 0 amide bonds. The third kappa shape index (κ3) is 4.28. The topological polar surface area (TPSA) is 55.7 Å². The number of anilines is 1. The van der Waals surface area contributed by atoms with Crippen LogP contribution >= 0.6 is 11.3 Å². The van der Waals surface area contributed by atoms with E-state index in [-0.39, 0.29) is 6.10 Å². The highest BCUT2D eigenvalue weighted by molar-refractivity contribution is 7.22. The van der Waals surface area contributed by atoms with Crippen molar-refractivity contribution < 1.29 is 9.47 Å². The maximum Gasteiger partial charge on any atom is 0.204 e. The van der Waals surface area contributed by atoms with Gasteiger partial charge in [-0.3, -0.25) is 5.43 Å². The first-order chi connectivity index (χ1) is 12.2. The highest BCUT2D eigenvalue weighted by Crippen LogP contribution is 2.29. The molecule has 0 fully saturated rings. The summed E-state index contributed by atoms with van der Waals surface area (Å²) in [4.78, 5) is 4.48. The van der Waals surface area contributed by atoms with Gasteiger partial charge in [0.1, 0.15) is 0 Å². The highest BCUT2D eigenvalue weighted by Gasteiger charge is 2.08. The zero-order valence-corrected chi connectivity index (χ0v) is 15.3. The lowest BCUT2D eigenvalue weighted by molar-refractivity contribution is 0.207. The Morgan fingerprint density at radius 1 is 1.24 bits per heavy atom. The minimum absolute atomic E-state index is 0.147. The van der Waals surface area contributed by atoms with Gasteiger partial charge in [0.2, 0.25) is 5.13 Å². The van der Waals surface area contributed by atoms with E-state index in [1.54, 1.807) is 24.7 Å². The van der Waals surface area contributed by atoms with E-state index in [4.69, 9.17) is 9.47 Å². The number of thiazole rings is 1. The van der Waals surface area contributed by atoms with Gasteiger partial charge in [-0.1, -0.05) is 30.4 Å². The SMILES string of the molecule is CC[C@@H](C)Oc1ccc(/C=N/Nc2nc3ccccc3s2)cc1OC. The van der Waals surface area contributed by atoms with Crippen LogP contribution in [0.4, 0.5) is 5.13 Å². The molecule has 0 bridgehead atoms. The Kier molecular flexibility index (Phi) is 5.50. The zero-order chi connectivity index (χ0) is 17.6. The third-order valence-electron chi connectivity index (χ3n) is 3.76. The first-order valence-electron chi connectivity index (χ1n) is 8.19. The van der Waals surface area contributed by atoms with Crippen molar-refractivity contribution >= 4 is 32.9 Å². The fraction of sp³-hybridized carbons (Fsp3) is 0.263. The van der Waals surface area contributed by atoms with Gasteiger partial charge in [0.05, 0.1) is 29.6 Å². The van der Waals surface area contributed by atoms with Crippen LogP contribution in [0.3, 0.4) is 0 Å². The smallest absolute Gasteiger partial charge is 0.204 e. The van der Waals surface area contributed by atoms with Crippen molar-refractivity contribution in [2.24, 2.45) is 5.10 Å². The summed E-state index contributed by atoms with van der Waals surface area (Å²) in [6.45, 7) is 4.13. The Morgan fingerprint density at radius 3 is 2.84 bits per heavy atom. The molecule has 1 atom stereocenters. The van der Waals surface area contributed by atoms with Gasteiger partial charge >= 0.3 is 0 Å². The minimum Gasteiger partial charge on any atom is -0.493 e. The molecule has 0 aliphatic heterocycles. The number of hydrazone groups is 1. The van der Waals surface area contributed by atoms with Gasteiger partial charge in [0, 0.05) is 0 Å². The maximum atomic E-state index is 5.85. The molecule has 0 aliphatic carbocycles. The van der Waals surface area contributed by atoms with Crippen LogP contribution in [-0.4, -0.2) is 24.4 Å². The number of methoxy groups -OCH3 is 1. The van der Waals surface area contributed by atoms with E-state index in [1.165, 1.54) is 0 Å². The number of hydrogen-bond donors (Lipinski definition) is 1. The van der Waals surface area contributed by atoms with Gasteiger partial charge in [-0.05, 0) is 49.2 Å². The zero-order valence-electron chi connectivity index (χ0n) is 14.5. The summed E-state index contributed by atoms with van der Waals surface area (Å²) in [6.07, 6.45) is 2.83. The van der Waals surface area contributed by atoms with Gasteiger partial charge in [0.15, 0.2) is 11.5 Å². The molecule has 1 aromatic heterocycles. The van der Waals surface area contributed by atoms with Gasteiger partial charge < -0.3 is 9.47 Å². The molecule has 0 unspecified atom stereocenters. The van der Waals surface area contributed by atoms with Crippen LogP contribution in [0.25, 0.3) is 10.2 Å². The van der Waals surface area contributed by atoms with Gasteiger partial charge in [-0.25, -0.2) is 4.98 Å². The van der Waals surface area contributed by atoms with Crippen LogP contribution in [0, 0.1) is 0 Å². The summed E-state index contributed by atoms with van der Waals surface area (Å²) < 4.78 is 12.4. The van der Waals surface area contributed by atoms with Crippen LogP contribution in [0.5, 0.6) is 11.5 Å². The number of fused-ring (bicyclic) bond motifs is 1.